The average Bonchev–Trinajstić information content (AvgIpc) is 1.51. The van der Waals surface area contributed by atoms with E-state index in [0.717, 1.165) is 5.56 Å². The number of hydrogen-bond acceptors (Lipinski definition) is 40. The van der Waals surface area contributed by atoms with Gasteiger partial charge in [-0.05, 0) is 24.1 Å². The van der Waals surface area contributed by atoms with Gasteiger partial charge in [-0.1, -0.05) is 26.0 Å². The summed E-state index contributed by atoms with van der Waals surface area (Å²) >= 11 is 0. The van der Waals surface area contributed by atoms with Crippen LogP contribution in [0.15, 0.2) is 24.3 Å². The molecule has 0 bridgehead atoms. The first kappa shape index (κ1) is 78.8. The van der Waals surface area contributed by atoms with Gasteiger partial charge in [-0.3, -0.25) is 14.9 Å². The van der Waals surface area contributed by atoms with Gasteiger partial charge in [0.1, 0.15) is 183 Å². The van der Waals surface area contributed by atoms with Gasteiger partial charge in [0.2, 0.25) is 12.2 Å². The van der Waals surface area contributed by atoms with Crippen LogP contribution in [-0.4, -0.2) is 404 Å². The zero-order chi connectivity index (χ0) is 71.7. The molecule has 98 heavy (non-hydrogen) atoms. The predicted octanol–water partition coefficient (Wildman–Crippen LogP) is -15.7. The highest BCUT2D eigenvalue weighted by atomic mass is 16.8. The standard InChI is InChI=1S/C57H91N3O38/c1-57(2)25(59-49(48(57)84)60-26(62)8-58)7-16-3-5-17(6-4-16)91-56-47(83)40(76)33(69)24(98-56)15-90-55-46(82)39(75)32(68)23(97-55)14-89-54-45(81)38(74)31(67)22(96-54)13-88-53-44(80)37(73)30(66)21(95-53)12-87-52-43(79)36(72)29(65)20(94-52)11-86-51-42(78)35(71)28(64)19(93-51)10-85-50-41(77)34(70)27(63)18(9-61)92-50/h3-6,18-25,27-47,49-56,59,61,63-83H,7-15,58H2,1-2H3,(H,60,62)/t18?,19?,20?,21?,22?,23?,24?,25?,27?,28-,29?,30?,31?,32-,33?,34?,35?,36?,37?,38?,39?,40?,41?,42?,43?,44?,45?,46-,47?,49?,50?,51?,52?,53?,54?,55?,56?/m1/s1. The second kappa shape index (κ2) is 33.6. The van der Waals surface area contributed by atoms with E-state index < -0.39 is 285 Å². The fourth-order valence-electron chi connectivity index (χ4n) is 12.2. The van der Waals surface area contributed by atoms with Crippen molar-refractivity contribution in [3.8, 4) is 5.75 Å². The third-order valence-electron chi connectivity index (χ3n) is 18.7. The molecule has 0 radical (unpaired) electrons. The molecule has 0 aromatic heterocycles. The van der Waals surface area contributed by atoms with Crippen molar-refractivity contribution < 1.29 is 188 Å². The zero-order valence-corrected chi connectivity index (χ0v) is 52.5. The van der Waals surface area contributed by atoms with Gasteiger partial charge >= 0.3 is 0 Å². The van der Waals surface area contributed by atoms with Gasteiger partial charge < -0.3 is 190 Å². The Bertz CT molecular complexity index is 2690. The van der Waals surface area contributed by atoms with E-state index in [1.165, 1.54) is 12.1 Å². The number of hydrogen-bond donors (Lipinski definition) is 25. The van der Waals surface area contributed by atoms with E-state index in [1.54, 1.807) is 26.0 Å². The lowest BCUT2D eigenvalue weighted by molar-refractivity contribution is -0.353. The third kappa shape index (κ3) is 17.2. The van der Waals surface area contributed by atoms with Gasteiger partial charge in [0.05, 0.1) is 52.8 Å². The number of ketones is 1. The zero-order valence-electron chi connectivity index (χ0n) is 52.5. The normalized spacial score (nSPS) is 47.8. The molecule has 34 unspecified atom stereocenters. The van der Waals surface area contributed by atoms with Crippen molar-refractivity contribution >= 4 is 11.7 Å². The molecule has 8 heterocycles. The molecular weight excluding hydrogens is 1330 g/mol. The van der Waals surface area contributed by atoms with Crippen molar-refractivity contribution in [1.82, 2.24) is 10.6 Å². The van der Waals surface area contributed by atoms with Gasteiger partial charge in [0.25, 0.3) is 0 Å². The van der Waals surface area contributed by atoms with Crippen molar-refractivity contribution in [3.05, 3.63) is 29.8 Å². The molecule has 8 fully saturated rings. The Morgan fingerprint density at radius 2 is 0.663 bits per heavy atom. The lowest BCUT2D eigenvalue weighted by atomic mass is 9.80. The summed E-state index contributed by atoms with van der Waals surface area (Å²) in [5.41, 5.74) is 5.26. The minimum absolute atomic E-state index is 0.132. The van der Waals surface area contributed by atoms with Crippen LogP contribution in [0.2, 0.25) is 0 Å². The van der Waals surface area contributed by atoms with E-state index in [9.17, 15) is 122 Å². The maximum atomic E-state index is 13.0. The number of Topliss-reactive ketones (excluding diaryl/α,β-unsaturated/α-hetero) is 1. The highest BCUT2D eigenvalue weighted by Crippen LogP contribution is 2.35. The molecule has 8 aliphatic heterocycles. The number of aliphatic hydroxyl groups is 22. The van der Waals surface area contributed by atoms with Gasteiger partial charge in [-0.25, -0.2) is 0 Å². The van der Waals surface area contributed by atoms with E-state index in [1.807, 2.05) is 0 Å². The fraction of sp³-hybridized carbons (Fsp3) is 0.860. The van der Waals surface area contributed by atoms with Gasteiger partial charge in [-0.15, -0.1) is 0 Å². The minimum Gasteiger partial charge on any atom is -0.462 e. The van der Waals surface area contributed by atoms with Crippen molar-refractivity contribution in [3.63, 3.8) is 0 Å². The molecule has 26 N–H and O–H groups in total. The molecule has 8 saturated heterocycles. The summed E-state index contributed by atoms with van der Waals surface area (Å²) in [5.74, 6) is -0.613. The average molecular weight is 1430 g/mol. The Hall–Kier alpha value is -3.32. The maximum Gasteiger partial charge on any atom is 0.235 e. The van der Waals surface area contributed by atoms with Crippen LogP contribution in [0.3, 0.4) is 0 Å². The number of nitrogens with one attached hydrogen (secondary N) is 2. The van der Waals surface area contributed by atoms with Crippen molar-refractivity contribution in [2.24, 2.45) is 11.1 Å². The third-order valence-corrected chi connectivity index (χ3v) is 18.7. The minimum atomic E-state index is -2.08. The Balaban J connectivity index is 0.741. The summed E-state index contributed by atoms with van der Waals surface area (Å²) in [6, 6.07) is 5.96. The first-order valence-electron chi connectivity index (χ1n) is 31.5. The van der Waals surface area contributed by atoms with Crippen LogP contribution in [0.5, 0.6) is 5.75 Å². The van der Waals surface area contributed by atoms with Crippen LogP contribution in [0, 0.1) is 5.41 Å². The molecule has 41 nitrogen and oxygen atoms in total. The van der Waals surface area contributed by atoms with Crippen molar-refractivity contribution in [1.29, 1.82) is 0 Å². The second-order valence-electron chi connectivity index (χ2n) is 25.8. The predicted molar refractivity (Wildman–Crippen MR) is 307 cm³/mol. The number of carbonyl (C=O) groups excluding carboxylic acids is 2. The number of aliphatic hydroxyl groups excluding tert-OH is 22. The van der Waals surface area contributed by atoms with Gasteiger partial charge in [-0.2, -0.15) is 0 Å². The van der Waals surface area contributed by atoms with Crippen LogP contribution in [-0.2, 0) is 77.6 Å². The Morgan fingerprint density at radius 3 is 0.939 bits per heavy atom. The SMILES string of the molecule is CC1(C)C(=O)C(NC(=O)CN)NC1Cc1ccc(OC2OC(COC3OC(COC4OC(COC5OC(COC6OC(COC7OC(COC8OC(CO)C(O)C(O)C8O)[C@@H](O)C(O)C7O)C(O)C(O)C6O)C(O)C(O)C5O)C(O)C(O)C4O)[C@@H](O)C(O)[C@H]3O)C(O)C(O)C2O)cc1. The van der Waals surface area contributed by atoms with E-state index in [4.69, 9.17) is 72.0 Å². The first-order chi connectivity index (χ1) is 46.3. The summed E-state index contributed by atoms with van der Waals surface area (Å²) in [6.45, 7) is -2.42. The smallest absolute Gasteiger partial charge is 0.235 e. The second-order valence-corrected chi connectivity index (χ2v) is 25.8. The van der Waals surface area contributed by atoms with E-state index in [-0.39, 0.29) is 18.1 Å². The van der Waals surface area contributed by atoms with E-state index in [2.05, 4.69) is 10.6 Å². The van der Waals surface area contributed by atoms with Crippen LogP contribution in [0.4, 0.5) is 0 Å². The van der Waals surface area contributed by atoms with E-state index >= 15 is 0 Å². The molecule has 1 aromatic rings. The molecule has 37 atom stereocenters. The number of ether oxygens (including phenoxy) is 14. The number of amides is 1. The molecule has 41 heteroatoms. The molecule has 562 valence electrons. The lowest BCUT2D eigenvalue weighted by Gasteiger charge is -2.45. The Kier molecular flexibility index (Phi) is 27.0. The monoisotopic (exact) mass is 1430 g/mol. The van der Waals surface area contributed by atoms with Gasteiger partial charge in [0.15, 0.2) is 43.5 Å². The summed E-state index contributed by atoms with van der Waals surface area (Å²) in [5, 5.41) is 241. The molecule has 0 aliphatic carbocycles. The van der Waals surface area contributed by atoms with Gasteiger partial charge in [0, 0.05) is 11.5 Å². The largest absolute Gasteiger partial charge is 0.462 e. The topological polar surface area (TPSA) is 659 Å². The molecule has 1 amide bonds. The summed E-state index contributed by atoms with van der Waals surface area (Å²) in [4.78, 5) is 24.9. The van der Waals surface area contributed by atoms with Crippen LogP contribution >= 0.6 is 0 Å². The molecule has 8 aliphatic rings. The summed E-state index contributed by atoms with van der Waals surface area (Å²) < 4.78 is 78.6. The molecular formula is C57H91N3O38. The number of nitrogens with two attached hydrogens (primary N) is 1. The number of benzene rings is 1. The Morgan fingerprint density at radius 1 is 0.408 bits per heavy atom. The van der Waals surface area contributed by atoms with Crippen LogP contribution in [0.25, 0.3) is 0 Å². The van der Waals surface area contributed by atoms with Crippen LogP contribution < -0.4 is 21.1 Å². The Labute approximate surface area is 556 Å². The van der Waals surface area contributed by atoms with E-state index in [0.29, 0.717) is 6.42 Å². The highest BCUT2D eigenvalue weighted by molar-refractivity contribution is 5.95. The molecule has 9 rings (SSSR count). The molecule has 0 spiro atoms. The van der Waals surface area contributed by atoms with Crippen molar-refractivity contribution in [2.45, 2.75) is 247 Å². The lowest BCUT2D eigenvalue weighted by Crippen LogP contribution is -2.63. The molecule has 1 aromatic carbocycles. The first-order valence-corrected chi connectivity index (χ1v) is 31.5. The molecule has 0 saturated carbocycles. The maximum absolute atomic E-state index is 13.0. The highest BCUT2D eigenvalue weighted by Gasteiger charge is 2.55. The summed E-state index contributed by atoms with van der Waals surface area (Å²) in [7, 11) is 0. The summed E-state index contributed by atoms with van der Waals surface area (Å²) in [6.07, 6.45) is -65.6. The number of rotatable bonds is 25. The number of carbonyl (C=O) groups is 2. The van der Waals surface area contributed by atoms with Crippen LogP contribution in [0.1, 0.15) is 19.4 Å². The van der Waals surface area contributed by atoms with Crippen molar-refractivity contribution in [2.75, 3.05) is 52.8 Å². The quantitative estimate of drug-likeness (QED) is 0.0432. The fourth-order valence-corrected chi connectivity index (χ4v) is 12.2.